The van der Waals surface area contributed by atoms with Crippen molar-refractivity contribution in [2.75, 3.05) is 13.6 Å². The number of fused-ring (bicyclic) bond motifs is 2. The number of piperidine rings is 1. The SMILES string of the molecule is CC1CCCC(CN(C)C2CC3CCC(C2)N3)C1.Cl. The van der Waals surface area contributed by atoms with E-state index in [-0.39, 0.29) is 12.4 Å². The Labute approximate surface area is 125 Å². The molecule has 4 unspecified atom stereocenters. The van der Waals surface area contributed by atoms with Crippen LogP contribution in [0.3, 0.4) is 0 Å². The highest BCUT2D eigenvalue weighted by Crippen LogP contribution is 2.32. The molecule has 0 aromatic heterocycles. The maximum absolute atomic E-state index is 3.76. The van der Waals surface area contributed by atoms with Gasteiger partial charge in [-0.2, -0.15) is 0 Å². The van der Waals surface area contributed by atoms with Crippen LogP contribution in [-0.2, 0) is 0 Å². The first-order valence-electron chi connectivity index (χ1n) is 8.17. The molecule has 112 valence electrons. The molecule has 0 spiro atoms. The molecular formula is C16H31ClN2. The van der Waals surface area contributed by atoms with Gasteiger partial charge in [0.15, 0.2) is 0 Å². The fourth-order valence-corrected chi connectivity index (χ4v) is 4.67. The van der Waals surface area contributed by atoms with E-state index in [2.05, 4.69) is 24.2 Å². The van der Waals surface area contributed by atoms with Crippen LogP contribution in [-0.4, -0.2) is 36.6 Å². The standard InChI is InChI=1S/C16H30N2.ClH/c1-12-4-3-5-13(8-12)11-18(2)16-9-14-6-7-15(10-16)17-14;/h12-17H,3-11H2,1-2H3;1H. The minimum absolute atomic E-state index is 0. The molecular weight excluding hydrogens is 256 g/mol. The fraction of sp³-hybridized carbons (Fsp3) is 1.00. The van der Waals surface area contributed by atoms with Gasteiger partial charge in [0, 0.05) is 24.7 Å². The van der Waals surface area contributed by atoms with Gasteiger partial charge in [-0.05, 0) is 57.4 Å². The zero-order valence-corrected chi connectivity index (χ0v) is 13.4. The van der Waals surface area contributed by atoms with Crippen LogP contribution >= 0.6 is 12.4 Å². The smallest absolute Gasteiger partial charge is 0.0122 e. The quantitative estimate of drug-likeness (QED) is 0.855. The van der Waals surface area contributed by atoms with Gasteiger partial charge >= 0.3 is 0 Å². The lowest BCUT2D eigenvalue weighted by Crippen LogP contribution is -2.48. The van der Waals surface area contributed by atoms with Crippen LogP contribution in [0.4, 0.5) is 0 Å². The van der Waals surface area contributed by atoms with E-state index in [1.165, 1.54) is 57.9 Å². The highest BCUT2D eigenvalue weighted by molar-refractivity contribution is 5.85. The second kappa shape index (κ2) is 6.78. The van der Waals surface area contributed by atoms with Gasteiger partial charge in [0.05, 0.1) is 0 Å². The number of halogens is 1. The zero-order valence-electron chi connectivity index (χ0n) is 12.6. The summed E-state index contributed by atoms with van der Waals surface area (Å²) in [4.78, 5) is 2.70. The van der Waals surface area contributed by atoms with Crippen molar-refractivity contribution in [3.63, 3.8) is 0 Å². The van der Waals surface area contributed by atoms with Gasteiger partial charge in [0.2, 0.25) is 0 Å². The summed E-state index contributed by atoms with van der Waals surface area (Å²) in [6.07, 6.45) is 11.5. The predicted octanol–water partition coefficient (Wildman–Crippen LogP) is 3.45. The third-order valence-electron chi connectivity index (χ3n) is 5.66. The largest absolute Gasteiger partial charge is 0.311 e. The minimum Gasteiger partial charge on any atom is -0.311 e. The lowest BCUT2D eigenvalue weighted by Gasteiger charge is -2.38. The second-order valence-electron chi connectivity index (χ2n) is 7.34. The van der Waals surface area contributed by atoms with Gasteiger partial charge < -0.3 is 10.2 Å². The maximum atomic E-state index is 3.76. The monoisotopic (exact) mass is 286 g/mol. The van der Waals surface area contributed by atoms with E-state index < -0.39 is 0 Å². The molecule has 2 saturated heterocycles. The summed E-state index contributed by atoms with van der Waals surface area (Å²) < 4.78 is 0. The van der Waals surface area contributed by atoms with Gasteiger partial charge in [0.25, 0.3) is 0 Å². The molecule has 2 aliphatic heterocycles. The molecule has 0 radical (unpaired) electrons. The molecule has 0 amide bonds. The Bertz CT molecular complexity index is 272. The minimum atomic E-state index is 0. The average Bonchev–Trinajstić information content (AvgIpc) is 2.68. The van der Waals surface area contributed by atoms with Crippen molar-refractivity contribution in [3.8, 4) is 0 Å². The Balaban J connectivity index is 0.00000133. The van der Waals surface area contributed by atoms with E-state index in [0.29, 0.717) is 0 Å². The molecule has 4 atom stereocenters. The van der Waals surface area contributed by atoms with E-state index in [0.717, 1.165) is 30.0 Å². The van der Waals surface area contributed by atoms with Crippen LogP contribution in [0, 0.1) is 11.8 Å². The Hall–Kier alpha value is 0.210. The summed E-state index contributed by atoms with van der Waals surface area (Å²) in [7, 11) is 2.38. The van der Waals surface area contributed by atoms with E-state index in [4.69, 9.17) is 0 Å². The van der Waals surface area contributed by atoms with Crippen molar-refractivity contribution in [2.45, 2.75) is 76.4 Å². The van der Waals surface area contributed by atoms with Crippen molar-refractivity contribution in [2.24, 2.45) is 11.8 Å². The summed E-state index contributed by atoms with van der Waals surface area (Å²) in [5.74, 6) is 1.95. The summed E-state index contributed by atoms with van der Waals surface area (Å²) in [6.45, 7) is 3.80. The van der Waals surface area contributed by atoms with Crippen molar-refractivity contribution >= 4 is 12.4 Å². The van der Waals surface area contributed by atoms with Crippen LogP contribution < -0.4 is 5.32 Å². The summed E-state index contributed by atoms with van der Waals surface area (Å²) >= 11 is 0. The highest BCUT2D eigenvalue weighted by atomic mass is 35.5. The van der Waals surface area contributed by atoms with E-state index in [9.17, 15) is 0 Å². The fourth-order valence-electron chi connectivity index (χ4n) is 4.67. The summed E-state index contributed by atoms with van der Waals surface area (Å²) in [6, 6.07) is 2.53. The average molecular weight is 287 g/mol. The van der Waals surface area contributed by atoms with Crippen LogP contribution in [0.25, 0.3) is 0 Å². The molecule has 2 heterocycles. The number of hydrogen-bond donors (Lipinski definition) is 1. The lowest BCUT2D eigenvalue weighted by molar-refractivity contribution is 0.129. The normalized spacial score (nSPS) is 42.2. The topological polar surface area (TPSA) is 15.3 Å². The van der Waals surface area contributed by atoms with Gasteiger partial charge in [-0.1, -0.05) is 19.8 Å². The third-order valence-corrected chi connectivity index (χ3v) is 5.66. The van der Waals surface area contributed by atoms with Crippen LogP contribution in [0.2, 0.25) is 0 Å². The van der Waals surface area contributed by atoms with E-state index in [1.54, 1.807) is 0 Å². The molecule has 1 aliphatic carbocycles. The first kappa shape index (κ1) is 15.6. The Morgan fingerprint density at radius 2 is 1.68 bits per heavy atom. The Morgan fingerprint density at radius 1 is 1.00 bits per heavy atom. The van der Waals surface area contributed by atoms with Crippen LogP contribution in [0.5, 0.6) is 0 Å². The first-order valence-corrected chi connectivity index (χ1v) is 8.17. The molecule has 2 nitrogen and oxygen atoms in total. The second-order valence-corrected chi connectivity index (χ2v) is 7.34. The molecule has 1 saturated carbocycles. The number of nitrogens with one attached hydrogen (secondary N) is 1. The number of hydrogen-bond acceptors (Lipinski definition) is 2. The zero-order chi connectivity index (χ0) is 12.5. The highest BCUT2D eigenvalue weighted by Gasteiger charge is 2.35. The molecule has 3 heteroatoms. The number of nitrogens with zero attached hydrogens (tertiary/aromatic N) is 1. The van der Waals surface area contributed by atoms with Gasteiger partial charge in [0.1, 0.15) is 0 Å². The molecule has 19 heavy (non-hydrogen) atoms. The Morgan fingerprint density at radius 3 is 2.32 bits per heavy atom. The molecule has 0 aromatic carbocycles. The van der Waals surface area contributed by atoms with Gasteiger partial charge in [-0.15, -0.1) is 12.4 Å². The Kier molecular flexibility index (Phi) is 5.56. The first-order chi connectivity index (χ1) is 8.70. The maximum Gasteiger partial charge on any atom is 0.0122 e. The van der Waals surface area contributed by atoms with Crippen molar-refractivity contribution in [3.05, 3.63) is 0 Å². The molecule has 3 fully saturated rings. The van der Waals surface area contributed by atoms with Crippen LogP contribution in [0.15, 0.2) is 0 Å². The molecule has 1 N–H and O–H groups in total. The molecule has 3 aliphatic rings. The molecule has 0 aromatic rings. The van der Waals surface area contributed by atoms with Crippen molar-refractivity contribution in [1.82, 2.24) is 10.2 Å². The van der Waals surface area contributed by atoms with Gasteiger partial charge in [-0.3, -0.25) is 0 Å². The molecule has 3 rings (SSSR count). The summed E-state index contributed by atoms with van der Waals surface area (Å²) in [5.41, 5.74) is 0. The van der Waals surface area contributed by atoms with Crippen LogP contribution in [0.1, 0.15) is 58.3 Å². The van der Waals surface area contributed by atoms with E-state index in [1.807, 2.05) is 0 Å². The third kappa shape index (κ3) is 3.86. The van der Waals surface area contributed by atoms with Crippen molar-refractivity contribution < 1.29 is 0 Å². The predicted molar refractivity (Wildman–Crippen MR) is 84.0 cm³/mol. The summed E-state index contributed by atoms with van der Waals surface area (Å²) in [5, 5.41) is 3.76. The van der Waals surface area contributed by atoms with E-state index >= 15 is 0 Å². The lowest BCUT2D eigenvalue weighted by atomic mass is 9.82. The number of rotatable bonds is 3. The molecule has 2 bridgehead atoms. The van der Waals surface area contributed by atoms with Crippen molar-refractivity contribution in [1.29, 1.82) is 0 Å². The van der Waals surface area contributed by atoms with Gasteiger partial charge in [-0.25, -0.2) is 0 Å².